The number of hydrogen-bond acceptors (Lipinski definition) is 2. The third-order valence-electron chi connectivity index (χ3n) is 4.52. The fraction of sp³-hybridized carbons (Fsp3) is 0.211. The van der Waals surface area contributed by atoms with E-state index in [1.54, 1.807) is 0 Å². The molecule has 2 unspecified atom stereocenters. The van der Waals surface area contributed by atoms with E-state index in [0.717, 1.165) is 23.9 Å². The lowest BCUT2D eigenvalue weighted by molar-refractivity contribution is 0.123. The fourth-order valence-corrected chi connectivity index (χ4v) is 3.46. The lowest BCUT2D eigenvalue weighted by atomic mass is 9.93. The van der Waals surface area contributed by atoms with Gasteiger partial charge in [0.05, 0.1) is 11.6 Å². The predicted octanol–water partition coefficient (Wildman–Crippen LogP) is 3.68. The number of rotatable bonds is 2. The Morgan fingerprint density at radius 1 is 1.00 bits per heavy atom. The summed E-state index contributed by atoms with van der Waals surface area (Å²) < 4.78 is 0. The second-order valence-corrected chi connectivity index (χ2v) is 5.80. The van der Waals surface area contributed by atoms with Crippen LogP contribution in [-0.4, -0.2) is 10.1 Å². The number of fused-ring (bicyclic) bond motifs is 2. The smallest absolute Gasteiger partial charge is 0.0827 e. The summed E-state index contributed by atoms with van der Waals surface area (Å²) in [4.78, 5) is 4.41. The van der Waals surface area contributed by atoms with Crippen LogP contribution in [0.5, 0.6) is 0 Å². The van der Waals surface area contributed by atoms with Crippen LogP contribution in [0.1, 0.15) is 22.8 Å². The molecule has 2 nitrogen and oxygen atoms in total. The van der Waals surface area contributed by atoms with Crippen molar-refractivity contribution < 1.29 is 5.11 Å². The number of aliphatic hydroxyl groups excluding tert-OH is 1. The van der Waals surface area contributed by atoms with Crippen molar-refractivity contribution in [3.05, 3.63) is 77.5 Å². The monoisotopic (exact) mass is 275 g/mol. The van der Waals surface area contributed by atoms with E-state index in [9.17, 15) is 5.11 Å². The van der Waals surface area contributed by atoms with Gasteiger partial charge < -0.3 is 5.11 Å². The number of nitrogens with zero attached hydrogens (tertiary/aromatic N) is 1. The van der Waals surface area contributed by atoms with Gasteiger partial charge in [0.25, 0.3) is 0 Å². The van der Waals surface area contributed by atoms with Crippen molar-refractivity contribution in [2.45, 2.75) is 18.9 Å². The topological polar surface area (TPSA) is 33.1 Å². The van der Waals surface area contributed by atoms with Gasteiger partial charge in [-0.1, -0.05) is 42.5 Å². The summed E-state index contributed by atoms with van der Waals surface area (Å²) in [7, 11) is 0. The van der Waals surface area contributed by atoms with Crippen LogP contribution >= 0.6 is 0 Å². The van der Waals surface area contributed by atoms with Crippen LogP contribution in [0.2, 0.25) is 0 Å². The third kappa shape index (κ3) is 2.12. The Hall–Kier alpha value is -2.19. The van der Waals surface area contributed by atoms with Crippen molar-refractivity contribution in [2.75, 3.05) is 0 Å². The molecule has 1 aliphatic carbocycles. The number of para-hydroxylation sites is 1. The van der Waals surface area contributed by atoms with Gasteiger partial charge in [0.1, 0.15) is 0 Å². The third-order valence-corrected chi connectivity index (χ3v) is 4.52. The van der Waals surface area contributed by atoms with Crippen molar-refractivity contribution in [3.8, 4) is 0 Å². The summed E-state index contributed by atoms with van der Waals surface area (Å²) in [6, 6.07) is 18.5. The number of pyridine rings is 1. The zero-order valence-electron chi connectivity index (χ0n) is 11.7. The summed E-state index contributed by atoms with van der Waals surface area (Å²) in [5.41, 5.74) is 4.69. The first-order valence-electron chi connectivity index (χ1n) is 7.41. The van der Waals surface area contributed by atoms with E-state index in [-0.39, 0.29) is 12.0 Å². The average Bonchev–Trinajstić information content (AvgIpc) is 2.85. The molecule has 1 aliphatic rings. The maximum Gasteiger partial charge on any atom is 0.0827 e. The summed E-state index contributed by atoms with van der Waals surface area (Å²) in [6.07, 6.45) is 3.35. The highest BCUT2D eigenvalue weighted by Crippen LogP contribution is 2.38. The van der Waals surface area contributed by atoms with E-state index < -0.39 is 0 Å². The van der Waals surface area contributed by atoms with Crippen molar-refractivity contribution >= 4 is 10.9 Å². The molecule has 0 saturated heterocycles. The Morgan fingerprint density at radius 2 is 1.81 bits per heavy atom. The van der Waals surface area contributed by atoms with Gasteiger partial charge in [0.2, 0.25) is 0 Å². The first kappa shape index (κ1) is 12.5. The highest BCUT2D eigenvalue weighted by atomic mass is 16.3. The molecular weight excluding hydrogens is 258 g/mol. The molecule has 0 fully saturated rings. The van der Waals surface area contributed by atoms with Crippen molar-refractivity contribution in [1.29, 1.82) is 0 Å². The SMILES string of the molecule is OC1c2ccccc2CC1Cc1ccnc2ccccc12. The van der Waals surface area contributed by atoms with Crippen molar-refractivity contribution in [1.82, 2.24) is 4.98 Å². The molecule has 4 rings (SSSR count). The second kappa shape index (κ2) is 4.97. The molecule has 0 saturated carbocycles. The second-order valence-electron chi connectivity index (χ2n) is 5.80. The van der Waals surface area contributed by atoms with Gasteiger partial charge in [-0.2, -0.15) is 0 Å². The van der Waals surface area contributed by atoms with Crippen LogP contribution in [0.25, 0.3) is 10.9 Å². The van der Waals surface area contributed by atoms with Crippen LogP contribution < -0.4 is 0 Å². The zero-order valence-corrected chi connectivity index (χ0v) is 11.7. The quantitative estimate of drug-likeness (QED) is 0.774. The normalized spacial score (nSPS) is 20.6. The van der Waals surface area contributed by atoms with Crippen LogP contribution in [0, 0.1) is 5.92 Å². The maximum atomic E-state index is 10.6. The molecule has 0 aliphatic heterocycles. The molecule has 1 aromatic heterocycles. The minimum atomic E-state index is -0.354. The molecule has 2 aromatic carbocycles. The largest absolute Gasteiger partial charge is 0.388 e. The molecule has 3 aromatic rings. The lowest BCUT2D eigenvalue weighted by Gasteiger charge is -2.16. The zero-order chi connectivity index (χ0) is 14.2. The lowest BCUT2D eigenvalue weighted by Crippen LogP contribution is -2.10. The van der Waals surface area contributed by atoms with Gasteiger partial charge in [-0.05, 0) is 47.6 Å². The summed E-state index contributed by atoms with van der Waals surface area (Å²) in [6.45, 7) is 0. The first-order chi connectivity index (χ1) is 10.3. The minimum Gasteiger partial charge on any atom is -0.388 e. The Labute approximate surface area is 124 Å². The summed E-state index contributed by atoms with van der Waals surface area (Å²) in [5, 5.41) is 11.8. The van der Waals surface area contributed by atoms with Crippen LogP contribution in [0.3, 0.4) is 0 Å². The van der Waals surface area contributed by atoms with Crippen molar-refractivity contribution in [2.24, 2.45) is 5.92 Å². The molecule has 1 N–H and O–H groups in total. The number of aromatic nitrogens is 1. The van der Waals surface area contributed by atoms with Gasteiger partial charge in [0.15, 0.2) is 0 Å². The van der Waals surface area contributed by atoms with Gasteiger partial charge in [-0.25, -0.2) is 0 Å². The number of aliphatic hydroxyl groups is 1. The number of benzene rings is 2. The Bertz CT molecular complexity index is 791. The minimum absolute atomic E-state index is 0.258. The van der Waals surface area contributed by atoms with E-state index >= 15 is 0 Å². The van der Waals surface area contributed by atoms with E-state index in [1.165, 1.54) is 16.5 Å². The van der Waals surface area contributed by atoms with Crippen LogP contribution in [-0.2, 0) is 12.8 Å². The molecule has 2 atom stereocenters. The maximum absolute atomic E-state index is 10.6. The summed E-state index contributed by atoms with van der Waals surface area (Å²) in [5.74, 6) is 0.258. The van der Waals surface area contributed by atoms with E-state index in [2.05, 4.69) is 29.2 Å². The predicted molar refractivity (Wildman–Crippen MR) is 84.0 cm³/mol. The molecule has 21 heavy (non-hydrogen) atoms. The molecule has 2 heteroatoms. The molecule has 1 heterocycles. The van der Waals surface area contributed by atoms with E-state index in [0.29, 0.717) is 0 Å². The number of hydrogen-bond donors (Lipinski definition) is 1. The van der Waals surface area contributed by atoms with Gasteiger partial charge in [-0.3, -0.25) is 4.98 Å². The fourth-order valence-electron chi connectivity index (χ4n) is 3.46. The highest BCUT2D eigenvalue weighted by Gasteiger charge is 2.30. The molecule has 0 amide bonds. The van der Waals surface area contributed by atoms with Crippen molar-refractivity contribution in [3.63, 3.8) is 0 Å². The average molecular weight is 275 g/mol. The Kier molecular flexibility index (Phi) is 2.97. The van der Waals surface area contributed by atoms with Crippen LogP contribution in [0.4, 0.5) is 0 Å². The summed E-state index contributed by atoms with van der Waals surface area (Å²) >= 11 is 0. The van der Waals surface area contributed by atoms with Crippen LogP contribution in [0.15, 0.2) is 60.8 Å². The van der Waals surface area contributed by atoms with Gasteiger partial charge >= 0.3 is 0 Å². The molecule has 0 spiro atoms. The van der Waals surface area contributed by atoms with E-state index in [4.69, 9.17) is 0 Å². The Morgan fingerprint density at radius 3 is 2.71 bits per heavy atom. The molecule has 104 valence electrons. The molecular formula is C19H17NO. The standard InChI is InChI=1S/C19H17NO/c21-19-15(11-13-5-1-2-7-17(13)19)12-14-9-10-20-18-8-4-3-6-16(14)18/h1-10,15,19,21H,11-12H2. The first-order valence-corrected chi connectivity index (χ1v) is 7.41. The van der Waals surface area contributed by atoms with E-state index in [1.807, 2.05) is 36.5 Å². The molecule has 0 radical (unpaired) electrons. The Balaban J connectivity index is 1.68. The highest BCUT2D eigenvalue weighted by molar-refractivity contribution is 5.81. The van der Waals surface area contributed by atoms with Gasteiger partial charge in [0, 0.05) is 11.6 Å². The molecule has 0 bridgehead atoms. The van der Waals surface area contributed by atoms with Gasteiger partial charge in [-0.15, -0.1) is 0 Å².